The fraction of sp³-hybridized carbons (Fsp3) is 0.333. The molecule has 2 amide bonds. The number of nitrogens with one attached hydrogen (secondary N) is 1. The average Bonchev–Trinajstić information content (AvgIpc) is 2.78. The maximum absolute atomic E-state index is 13.9. The molecule has 1 aliphatic heterocycles. The molecule has 31 heavy (non-hydrogen) atoms. The molecule has 0 unspecified atom stereocenters. The summed E-state index contributed by atoms with van der Waals surface area (Å²) in [5.41, 5.74) is 0.400. The standard InChI is InChI=1S/C21H24FN3O5S/c1-2-30-17-9-7-16(8-10-17)21(27)23-15-20(26)24-11-13-25(14-12-24)31(28,29)19-6-4-3-5-18(19)22/h3-10H,2,11-15H2,1H3,(H,23,27). The van der Waals surface area contributed by atoms with Gasteiger partial charge in [-0.1, -0.05) is 12.1 Å². The first-order valence-corrected chi connectivity index (χ1v) is 11.3. The summed E-state index contributed by atoms with van der Waals surface area (Å²) in [5.74, 6) is -0.865. The van der Waals surface area contributed by atoms with E-state index in [2.05, 4.69) is 5.32 Å². The van der Waals surface area contributed by atoms with Crippen molar-refractivity contribution in [3.8, 4) is 5.75 Å². The molecule has 1 fully saturated rings. The highest BCUT2D eigenvalue weighted by atomic mass is 32.2. The van der Waals surface area contributed by atoms with Gasteiger partial charge in [0, 0.05) is 31.7 Å². The van der Waals surface area contributed by atoms with Gasteiger partial charge < -0.3 is 15.0 Å². The number of rotatable bonds is 7. The lowest BCUT2D eigenvalue weighted by Crippen LogP contribution is -2.52. The van der Waals surface area contributed by atoms with Gasteiger partial charge in [-0.2, -0.15) is 4.31 Å². The van der Waals surface area contributed by atoms with Crippen molar-refractivity contribution in [2.75, 3.05) is 39.3 Å². The van der Waals surface area contributed by atoms with Gasteiger partial charge >= 0.3 is 0 Å². The Bertz CT molecular complexity index is 1040. The van der Waals surface area contributed by atoms with Crippen molar-refractivity contribution in [3.05, 3.63) is 59.9 Å². The monoisotopic (exact) mass is 449 g/mol. The van der Waals surface area contributed by atoms with Crippen molar-refractivity contribution in [1.82, 2.24) is 14.5 Å². The van der Waals surface area contributed by atoms with Crippen LogP contribution in [-0.2, 0) is 14.8 Å². The van der Waals surface area contributed by atoms with Crippen LogP contribution in [0.15, 0.2) is 53.4 Å². The van der Waals surface area contributed by atoms with Crippen molar-refractivity contribution in [2.45, 2.75) is 11.8 Å². The van der Waals surface area contributed by atoms with Crippen LogP contribution in [0.1, 0.15) is 17.3 Å². The summed E-state index contributed by atoms with van der Waals surface area (Å²) in [5, 5.41) is 2.57. The fourth-order valence-electron chi connectivity index (χ4n) is 3.21. The van der Waals surface area contributed by atoms with E-state index in [1.807, 2.05) is 6.92 Å². The number of sulfonamides is 1. The van der Waals surface area contributed by atoms with Crippen molar-refractivity contribution in [3.63, 3.8) is 0 Å². The molecule has 2 aromatic rings. The molecule has 1 heterocycles. The molecule has 0 atom stereocenters. The van der Waals surface area contributed by atoms with Crippen LogP contribution in [0.5, 0.6) is 5.75 Å². The second-order valence-corrected chi connectivity index (χ2v) is 8.76. The van der Waals surface area contributed by atoms with Crippen molar-refractivity contribution >= 4 is 21.8 Å². The van der Waals surface area contributed by atoms with Crippen LogP contribution >= 0.6 is 0 Å². The van der Waals surface area contributed by atoms with E-state index in [1.54, 1.807) is 24.3 Å². The number of nitrogens with zero attached hydrogens (tertiary/aromatic N) is 2. The number of hydrogen-bond acceptors (Lipinski definition) is 5. The van der Waals surface area contributed by atoms with Crippen LogP contribution in [0.4, 0.5) is 4.39 Å². The van der Waals surface area contributed by atoms with Crippen molar-refractivity contribution < 1.29 is 27.1 Å². The number of hydrogen-bond donors (Lipinski definition) is 1. The summed E-state index contributed by atoms with van der Waals surface area (Å²) in [7, 11) is -3.97. The van der Waals surface area contributed by atoms with Gasteiger partial charge in [0.2, 0.25) is 15.9 Å². The van der Waals surface area contributed by atoms with Gasteiger partial charge in [0.25, 0.3) is 5.91 Å². The van der Waals surface area contributed by atoms with E-state index in [-0.39, 0.29) is 43.5 Å². The lowest BCUT2D eigenvalue weighted by atomic mass is 10.2. The molecular weight excluding hydrogens is 425 g/mol. The van der Waals surface area contributed by atoms with E-state index in [0.29, 0.717) is 17.9 Å². The zero-order chi connectivity index (χ0) is 22.4. The summed E-state index contributed by atoms with van der Waals surface area (Å²) >= 11 is 0. The highest BCUT2D eigenvalue weighted by molar-refractivity contribution is 7.89. The summed E-state index contributed by atoms with van der Waals surface area (Å²) in [4.78, 5) is 25.7. The van der Waals surface area contributed by atoms with Gasteiger partial charge in [0.1, 0.15) is 16.5 Å². The van der Waals surface area contributed by atoms with Gasteiger partial charge in [-0.05, 0) is 43.3 Å². The molecule has 8 nitrogen and oxygen atoms in total. The van der Waals surface area contributed by atoms with E-state index in [0.717, 1.165) is 10.4 Å². The molecule has 2 aromatic carbocycles. The van der Waals surface area contributed by atoms with Crippen LogP contribution < -0.4 is 10.1 Å². The third-order valence-electron chi connectivity index (χ3n) is 4.87. The third-order valence-corrected chi connectivity index (χ3v) is 6.81. The molecule has 0 aromatic heterocycles. The third kappa shape index (κ3) is 5.39. The zero-order valence-electron chi connectivity index (χ0n) is 17.1. The number of carbonyl (C=O) groups excluding carboxylic acids is 2. The molecule has 0 bridgehead atoms. The van der Waals surface area contributed by atoms with Gasteiger partial charge in [-0.25, -0.2) is 12.8 Å². The van der Waals surface area contributed by atoms with Crippen LogP contribution in [0, 0.1) is 5.82 Å². The number of benzene rings is 2. The molecule has 0 saturated carbocycles. The predicted octanol–water partition coefficient (Wildman–Crippen LogP) is 1.49. The molecule has 1 aliphatic rings. The van der Waals surface area contributed by atoms with E-state index in [1.165, 1.54) is 23.1 Å². The van der Waals surface area contributed by atoms with Crippen LogP contribution in [-0.4, -0.2) is 68.8 Å². The first-order valence-electron chi connectivity index (χ1n) is 9.86. The first-order chi connectivity index (χ1) is 14.8. The minimum absolute atomic E-state index is 0.0508. The number of ether oxygens (including phenoxy) is 1. The largest absolute Gasteiger partial charge is 0.494 e. The Morgan fingerprint density at radius 3 is 2.29 bits per heavy atom. The number of amides is 2. The Balaban J connectivity index is 1.51. The maximum Gasteiger partial charge on any atom is 0.251 e. The van der Waals surface area contributed by atoms with Gasteiger partial charge in [-0.3, -0.25) is 9.59 Å². The number of carbonyl (C=O) groups is 2. The van der Waals surface area contributed by atoms with Crippen molar-refractivity contribution in [2.24, 2.45) is 0 Å². The fourth-order valence-corrected chi connectivity index (χ4v) is 4.70. The Labute approximate surface area is 180 Å². The molecular formula is C21H24FN3O5S. The first kappa shape index (κ1) is 22.7. The second kappa shape index (κ2) is 9.88. The van der Waals surface area contributed by atoms with Crippen LogP contribution in [0.2, 0.25) is 0 Å². The molecule has 0 aliphatic carbocycles. The summed E-state index contributed by atoms with van der Waals surface area (Å²) in [6.07, 6.45) is 0. The van der Waals surface area contributed by atoms with Gasteiger partial charge in [-0.15, -0.1) is 0 Å². The average molecular weight is 450 g/mol. The molecule has 3 rings (SSSR count). The van der Waals surface area contributed by atoms with E-state index in [9.17, 15) is 22.4 Å². The van der Waals surface area contributed by atoms with Crippen molar-refractivity contribution in [1.29, 1.82) is 0 Å². The maximum atomic E-state index is 13.9. The molecule has 0 spiro atoms. The van der Waals surface area contributed by atoms with Crippen LogP contribution in [0.25, 0.3) is 0 Å². The minimum Gasteiger partial charge on any atom is -0.494 e. The summed E-state index contributed by atoms with van der Waals surface area (Å²) < 4.78 is 45.7. The molecule has 0 radical (unpaired) electrons. The van der Waals surface area contributed by atoms with Gasteiger partial charge in [0.15, 0.2) is 0 Å². The smallest absolute Gasteiger partial charge is 0.251 e. The number of piperazine rings is 1. The normalized spacial score (nSPS) is 14.8. The number of halogens is 1. The molecule has 10 heteroatoms. The zero-order valence-corrected chi connectivity index (χ0v) is 17.9. The SMILES string of the molecule is CCOc1ccc(C(=O)NCC(=O)N2CCN(S(=O)(=O)c3ccccc3F)CC2)cc1. The van der Waals surface area contributed by atoms with E-state index >= 15 is 0 Å². The Kier molecular flexibility index (Phi) is 7.24. The lowest BCUT2D eigenvalue weighted by molar-refractivity contribution is -0.131. The van der Waals surface area contributed by atoms with Crippen LogP contribution in [0.3, 0.4) is 0 Å². The Hall–Kier alpha value is -2.98. The highest BCUT2D eigenvalue weighted by Crippen LogP contribution is 2.20. The lowest BCUT2D eigenvalue weighted by Gasteiger charge is -2.34. The quantitative estimate of drug-likeness (QED) is 0.691. The highest BCUT2D eigenvalue weighted by Gasteiger charge is 2.31. The Morgan fingerprint density at radius 2 is 1.68 bits per heavy atom. The van der Waals surface area contributed by atoms with Gasteiger partial charge in [0.05, 0.1) is 13.2 Å². The predicted molar refractivity (Wildman–Crippen MR) is 112 cm³/mol. The molecule has 166 valence electrons. The molecule has 1 N–H and O–H groups in total. The Morgan fingerprint density at radius 1 is 1.03 bits per heavy atom. The summed E-state index contributed by atoms with van der Waals surface area (Å²) in [6.45, 7) is 2.60. The summed E-state index contributed by atoms with van der Waals surface area (Å²) in [6, 6.07) is 11.8. The topological polar surface area (TPSA) is 96.0 Å². The van der Waals surface area contributed by atoms with E-state index in [4.69, 9.17) is 4.74 Å². The van der Waals surface area contributed by atoms with E-state index < -0.39 is 21.7 Å². The molecule has 1 saturated heterocycles. The minimum atomic E-state index is -3.97. The second-order valence-electron chi connectivity index (χ2n) is 6.86.